The summed E-state index contributed by atoms with van der Waals surface area (Å²) in [5.74, 6) is -0.802. The van der Waals surface area contributed by atoms with E-state index in [1.165, 1.54) is 11.1 Å². The number of benzene rings is 2. The summed E-state index contributed by atoms with van der Waals surface area (Å²) in [4.78, 5) is 11.2. The smallest absolute Gasteiger partial charge is 0.339 e. The lowest BCUT2D eigenvalue weighted by Crippen LogP contribution is -2.73. The SMILES string of the molecule is Cc1cc(C)c([Si]2(c3c(C)cc(C)cc3C)OC[C@@H](C)[C@H](OC(=O)C(Cl)Cl)[C@H]2CO)c(C)c1. The molecule has 2 aromatic carbocycles. The minimum absolute atomic E-state index is 0.115. The quantitative estimate of drug-likeness (QED) is 0.370. The third-order valence-electron chi connectivity index (χ3n) is 6.78. The van der Waals surface area contributed by atoms with Gasteiger partial charge in [-0.1, -0.05) is 65.5 Å². The molecule has 0 bridgehead atoms. The lowest BCUT2D eigenvalue weighted by Gasteiger charge is -2.49. The zero-order valence-electron chi connectivity index (χ0n) is 20.5. The fourth-order valence-electron chi connectivity index (χ4n) is 5.88. The molecule has 1 aliphatic rings. The van der Waals surface area contributed by atoms with Crippen molar-refractivity contribution in [3.8, 4) is 0 Å². The van der Waals surface area contributed by atoms with E-state index in [1.54, 1.807) is 0 Å². The van der Waals surface area contributed by atoms with Crippen LogP contribution in [0.5, 0.6) is 0 Å². The van der Waals surface area contributed by atoms with E-state index >= 15 is 0 Å². The summed E-state index contributed by atoms with van der Waals surface area (Å²) in [7, 11) is -3.11. The van der Waals surface area contributed by atoms with Crippen molar-refractivity contribution in [2.75, 3.05) is 13.2 Å². The van der Waals surface area contributed by atoms with Crippen molar-refractivity contribution in [2.45, 2.75) is 64.9 Å². The predicted molar refractivity (Wildman–Crippen MR) is 138 cm³/mol. The average Bonchev–Trinajstić information content (AvgIpc) is 2.69. The molecule has 2 aromatic rings. The summed E-state index contributed by atoms with van der Waals surface area (Å²) in [6, 6.07) is 8.67. The molecule has 0 amide bonds. The van der Waals surface area contributed by atoms with Gasteiger partial charge >= 0.3 is 5.97 Å². The second-order valence-electron chi connectivity index (χ2n) is 9.56. The number of rotatable bonds is 5. The molecule has 3 rings (SSSR count). The highest BCUT2D eigenvalue weighted by Crippen LogP contribution is 2.40. The van der Waals surface area contributed by atoms with E-state index in [1.807, 2.05) is 6.92 Å². The number of halogens is 2. The molecule has 33 heavy (non-hydrogen) atoms. The monoisotopic (exact) mass is 508 g/mol. The zero-order valence-corrected chi connectivity index (χ0v) is 23.0. The van der Waals surface area contributed by atoms with E-state index in [0.717, 1.165) is 32.6 Å². The van der Waals surface area contributed by atoms with Gasteiger partial charge in [0, 0.05) is 24.7 Å². The maximum atomic E-state index is 12.5. The normalized spacial score (nSPS) is 22.5. The summed E-state index contributed by atoms with van der Waals surface area (Å²) < 4.78 is 12.8. The minimum atomic E-state index is -3.11. The molecule has 180 valence electrons. The van der Waals surface area contributed by atoms with Crippen LogP contribution in [0.15, 0.2) is 24.3 Å². The fourth-order valence-corrected chi connectivity index (χ4v) is 11.8. The molecular formula is C26H34Cl2O4Si. The summed E-state index contributed by atoms with van der Waals surface area (Å²) in [5.41, 5.74) is 6.45. The maximum Gasteiger partial charge on any atom is 0.339 e. The number of carbonyl (C=O) groups is 1. The summed E-state index contributed by atoms with van der Waals surface area (Å²) in [6.45, 7) is 14.8. The Morgan fingerprint density at radius 3 is 1.79 bits per heavy atom. The van der Waals surface area contributed by atoms with Gasteiger partial charge < -0.3 is 14.3 Å². The van der Waals surface area contributed by atoms with Crippen LogP contribution in [0.4, 0.5) is 0 Å². The van der Waals surface area contributed by atoms with Gasteiger partial charge in [-0.25, -0.2) is 4.79 Å². The third-order valence-corrected chi connectivity index (χ3v) is 12.4. The lowest BCUT2D eigenvalue weighted by molar-refractivity contribution is -0.152. The van der Waals surface area contributed by atoms with Crippen LogP contribution in [0.3, 0.4) is 0 Å². The van der Waals surface area contributed by atoms with Crippen molar-refractivity contribution in [3.05, 3.63) is 57.6 Å². The van der Waals surface area contributed by atoms with E-state index in [-0.39, 0.29) is 12.5 Å². The highest BCUT2D eigenvalue weighted by atomic mass is 35.5. The number of aryl methyl sites for hydroxylation is 6. The van der Waals surface area contributed by atoms with E-state index < -0.39 is 30.8 Å². The lowest BCUT2D eigenvalue weighted by atomic mass is 10.0. The first kappa shape index (κ1) is 26.2. The molecule has 1 saturated heterocycles. The summed E-state index contributed by atoms with van der Waals surface area (Å²) in [6.07, 6.45) is -0.567. The maximum absolute atomic E-state index is 12.5. The molecular weight excluding hydrogens is 475 g/mol. The molecule has 7 heteroatoms. The molecule has 1 N–H and O–H groups in total. The largest absolute Gasteiger partial charge is 0.460 e. The average molecular weight is 510 g/mol. The Balaban J connectivity index is 2.38. The van der Waals surface area contributed by atoms with E-state index in [0.29, 0.717) is 6.61 Å². The van der Waals surface area contributed by atoms with Crippen LogP contribution in [0.25, 0.3) is 0 Å². The Hall–Kier alpha value is -1.37. The van der Waals surface area contributed by atoms with Gasteiger partial charge in [-0.05, 0) is 74.2 Å². The van der Waals surface area contributed by atoms with Crippen LogP contribution in [-0.4, -0.2) is 43.5 Å². The molecule has 0 saturated carbocycles. The van der Waals surface area contributed by atoms with Crippen LogP contribution in [0.1, 0.15) is 40.3 Å². The fraction of sp³-hybridized carbons (Fsp3) is 0.500. The van der Waals surface area contributed by atoms with Gasteiger partial charge in [-0.15, -0.1) is 0 Å². The number of hydrogen-bond acceptors (Lipinski definition) is 4. The summed E-state index contributed by atoms with van der Waals surface area (Å²) >= 11 is 11.7. The van der Waals surface area contributed by atoms with Crippen LogP contribution >= 0.6 is 23.2 Å². The predicted octanol–water partition coefficient (Wildman–Crippen LogP) is 4.34. The number of hydrogen-bond donors (Lipinski definition) is 1. The first-order valence-corrected chi connectivity index (χ1v) is 14.2. The Kier molecular flexibility index (Phi) is 8.02. The zero-order chi connectivity index (χ0) is 24.7. The number of aliphatic hydroxyl groups is 1. The number of esters is 1. The molecule has 0 radical (unpaired) electrons. The molecule has 0 unspecified atom stereocenters. The van der Waals surface area contributed by atoms with Crippen molar-refractivity contribution in [3.63, 3.8) is 0 Å². The highest BCUT2D eigenvalue weighted by molar-refractivity contribution is 7.00. The van der Waals surface area contributed by atoms with Crippen molar-refractivity contribution in [1.29, 1.82) is 0 Å². The van der Waals surface area contributed by atoms with Gasteiger partial charge in [0.2, 0.25) is 4.84 Å². The highest BCUT2D eigenvalue weighted by Gasteiger charge is 2.58. The number of ether oxygens (including phenoxy) is 1. The Labute approximate surface area is 208 Å². The Bertz CT molecular complexity index is 949. The summed E-state index contributed by atoms with van der Waals surface area (Å²) in [5, 5.41) is 13.1. The van der Waals surface area contributed by atoms with Gasteiger partial charge in [0.25, 0.3) is 8.32 Å². The molecule has 4 nitrogen and oxygen atoms in total. The second kappa shape index (κ2) is 10.1. The van der Waals surface area contributed by atoms with Gasteiger partial charge in [-0.3, -0.25) is 0 Å². The van der Waals surface area contributed by atoms with E-state index in [2.05, 4.69) is 65.8 Å². The molecule has 3 atom stereocenters. The van der Waals surface area contributed by atoms with E-state index in [4.69, 9.17) is 32.4 Å². The van der Waals surface area contributed by atoms with Gasteiger partial charge in [0.1, 0.15) is 6.10 Å². The topological polar surface area (TPSA) is 55.8 Å². The third kappa shape index (κ3) is 4.76. The molecule has 0 aromatic heterocycles. The molecule has 0 aliphatic carbocycles. The number of alkyl halides is 2. The molecule has 1 fully saturated rings. The van der Waals surface area contributed by atoms with Crippen molar-refractivity contribution in [2.24, 2.45) is 5.92 Å². The molecule has 1 aliphatic heterocycles. The van der Waals surface area contributed by atoms with Crippen LogP contribution in [-0.2, 0) is 14.0 Å². The van der Waals surface area contributed by atoms with Crippen molar-refractivity contribution >= 4 is 47.9 Å². The second-order valence-corrected chi connectivity index (χ2v) is 14.2. The Morgan fingerprint density at radius 1 is 1.00 bits per heavy atom. The van der Waals surface area contributed by atoms with Crippen molar-refractivity contribution < 1.29 is 19.1 Å². The van der Waals surface area contributed by atoms with Crippen LogP contribution in [0, 0.1) is 47.5 Å². The number of aliphatic hydroxyl groups excluding tert-OH is 1. The van der Waals surface area contributed by atoms with E-state index in [9.17, 15) is 9.90 Å². The number of carbonyl (C=O) groups excluding carboxylic acids is 1. The molecule has 0 spiro atoms. The van der Waals surface area contributed by atoms with Gasteiger partial charge in [-0.2, -0.15) is 0 Å². The standard InChI is InChI=1S/C26H34Cl2O4Si/c1-14-8-16(3)23(17(4)9-14)33(24-18(5)10-15(2)11-19(24)6)21(12-29)22(20(7)13-31-33)32-26(30)25(27)28/h8-11,20-22,25,29H,12-13H2,1-7H3/t20-,21-,22+/m1/s1. The Morgan fingerprint density at radius 2 is 1.42 bits per heavy atom. The van der Waals surface area contributed by atoms with Gasteiger partial charge in [0.15, 0.2) is 0 Å². The van der Waals surface area contributed by atoms with Crippen molar-refractivity contribution in [1.82, 2.24) is 0 Å². The van der Waals surface area contributed by atoms with Gasteiger partial charge in [0.05, 0.1) is 0 Å². The van der Waals surface area contributed by atoms with Crippen LogP contribution in [0.2, 0.25) is 5.54 Å². The first-order valence-electron chi connectivity index (χ1n) is 11.3. The minimum Gasteiger partial charge on any atom is -0.460 e. The molecule has 1 heterocycles. The first-order chi connectivity index (χ1) is 15.4. The van der Waals surface area contributed by atoms with Crippen LogP contribution < -0.4 is 10.4 Å².